The summed E-state index contributed by atoms with van der Waals surface area (Å²) in [5, 5.41) is 3.91. The highest BCUT2D eigenvalue weighted by Crippen LogP contribution is 2.18. The zero-order valence-corrected chi connectivity index (χ0v) is 11.3. The molecule has 0 aliphatic carbocycles. The average molecular weight is 279 g/mol. The van der Waals surface area contributed by atoms with Gasteiger partial charge in [-0.05, 0) is 25.1 Å². The van der Waals surface area contributed by atoms with Crippen LogP contribution in [0.4, 0.5) is 4.39 Å². The minimum atomic E-state index is -0.171. The molecule has 5 heteroatoms. The summed E-state index contributed by atoms with van der Waals surface area (Å²) < 4.78 is 13.6. The van der Waals surface area contributed by atoms with Crippen LogP contribution >= 0.6 is 24.0 Å². The molecular formula is C12H17Cl2FN2. The number of halogens is 3. The lowest BCUT2D eigenvalue weighted by Crippen LogP contribution is -2.49. The van der Waals surface area contributed by atoms with E-state index in [1.807, 2.05) is 0 Å². The molecule has 1 aliphatic heterocycles. The average Bonchev–Trinajstić information content (AvgIpc) is 2.27. The fourth-order valence-electron chi connectivity index (χ4n) is 2.00. The number of rotatable bonds is 2. The van der Waals surface area contributed by atoms with Crippen molar-refractivity contribution in [3.8, 4) is 0 Å². The van der Waals surface area contributed by atoms with Gasteiger partial charge in [-0.25, -0.2) is 4.39 Å². The molecule has 1 N–H and O–H groups in total. The molecule has 2 rings (SSSR count). The molecule has 17 heavy (non-hydrogen) atoms. The summed E-state index contributed by atoms with van der Waals surface area (Å²) in [6.45, 7) is 5.66. The van der Waals surface area contributed by atoms with Crippen molar-refractivity contribution < 1.29 is 4.39 Å². The van der Waals surface area contributed by atoms with Gasteiger partial charge in [0.25, 0.3) is 0 Å². The topological polar surface area (TPSA) is 15.3 Å². The van der Waals surface area contributed by atoms with Gasteiger partial charge >= 0.3 is 0 Å². The van der Waals surface area contributed by atoms with Gasteiger partial charge in [-0.3, -0.25) is 4.90 Å². The Labute approximate surface area is 113 Å². The van der Waals surface area contributed by atoms with Crippen LogP contribution in [0.2, 0.25) is 5.02 Å². The minimum Gasteiger partial charge on any atom is -0.314 e. The Hall–Kier alpha value is -0.350. The largest absolute Gasteiger partial charge is 0.314 e. The van der Waals surface area contributed by atoms with Gasteiger partial charge in [0.05, 0.1) is 0 Å². The number of nitrogens with one attached hydrogen (secondary N) is 1. The second-order valence-corrected chi connectivity index (χ2v) is 4.70. The third-order valence-electron chi connectivity index (χ3n) is 3.02. The van der Waals surface area contributed by atoms with E-state index in [1.54, 1.807) is 12.1 Å². The maximum atomic E-state index is 13.6. The number of benzene rings is 1. The van der Waals surface area contributed by atoms with Crippen LogP contribution in [0, 0.1) is 5.82 Å². The van der Waals surface area contributed by atoms with Gasteiger partial charge in [-0.1, -0.05) is 11.6 Å². The second kappa shape index (κ2) is 6.55. The fourth-order valence-corrected chi connectivity index (χ4v) is 2.20. The fraction of sp³-hybridized carbons (Fsp3) is 0.500. The Bertz CT molecular complexity index is 374. The minimum absolute atomic E-state index is 0. The monoisotopic (exact) mass is 278 g/mol. The normalized spacial score (nSPS) is 21.0. The van der Waals surface area contributed by atoms with Crippen molar-refractivity contribution in [2.24, 2.45) is 0 Å². The lowest BCUT2D eigenvalue weighted by molar-refractivity contribution is 0.164. The van der Waals surface area contributed by atoms with E-state index >= 15 is 0 Å². The first kappa shape index (κ1) is 14.7. The summed E-state index contributed by atoms with van der Waals surface area (Å²) in [6, 6.07) is 5.17. The van der Waals surface area contributed by atoms with E-state index in [0.29, 0.717) is 23.2 Å². The van der Waals surface area contributed by atoms with Gasteiger partial charge in [-0.15, -0.1) is 12.4 Å². The van der Waals surface area contributed by atoms with Crippen molar-refractivity contribution in [3.05, 3.63) is 34.6 Å². The first-order chi connectivity index (χ1) is 7.66. The Morgan fingerprint density at radius 2 is 2.29 bits per heavy atom. The Morgan fingerprint density at radius 3 is 3.00 bits per heavy atom. The quantitative estimate of drug-likeness (QED) is 0.895. The third-order valence-corrected chi connectivity index (χ3v) is 3.26. The molecule has 1 aromatic carbocycles. The standard InChI is InChI=1S/C12H16ClFN2.ClH/c1-9-7-15-4-5-16(9)8-10-6-11(13)2-3-12(10)14;/h2-3,6,9,15H,4-5,7-8H2,1H3;1H/t9-;/m0./s1. The maximum Gasteiger partial charge on any atom is 0.127 e. The van der Waals surface area contributed by atoms with Gasteiger partial charge in [0.2, 0.25) is 0 Å². The van der Waals surface area contributed by atoms with E-state index < -0.39 is 0 Å². The SMILES string of the molecule is C[C@H]1CNCCN1Cc1cc(Cl)ccc1F.Cl. The molecule has 2 nitrogen and oxygen atoms in total. The van der Waals surface area contributed by atoms with E-state index in [9.17, 15) is 4.39 Å². The molecule has 0 spiro atoms. The summed E-state index contributed by atoms with van der Waals surface area (Å²) in [7, 11) is 0. The van der Waals surface area contributed by atoms with Crippen molar-refractivity contribution in [2.45, 2.75) is 19.5 Å². The van der Waals surface area contributed by atoms with E-state index in [4.69, 9.17) is 11.6 Å². The summed E-state index contributed by atoms with van der Waals surface area (Å²) >= 11 is 5.87. The zero-order valence-electron chi connectivity index (χ0n) is 9.75. The highest BCUT2D eigenvalue weighted by molar-refractivity contribution is 6.30. The Kier molecular flexibility index (Phi) is 5.67. The van der Waals surface area contributed by atoms with E-state index in [0.717, 1.165) is 19.6 Å². The highest BCUT2D eigenvalue weighted by atomic mass is 35.5. The van der Waals surface area contributed by atoms with Gasteiger partial charge in [-0.2, -0.15) is 0 Å². The smallest absolute Gasteiger partial charge is 0.127 e. The number of hydrogen-bond donors (Lipinski definition) is 1. The van der Waals surface area contributed by atoms with Crippen LogP contribution in [0.15, 0.2) is 18.2 Å². The van der Waals surface area contributed by atoms with Crippen molar-refractivity contribution in [1.29, 1.82) is 0 Å². The van der Waals surface area contributed by atoms with Crippen LogP contribution in [-0.4, -0.2) is 30.6 Å². The third kappa shape index (κ3) is 3.81. The van der Waals surface area contributed by atoms with Crippen molar-refractivity contribution >= 4 is 24.0 Å². The highest BCUT2D eigenvalue weighted by Gasteiger charge is 2.19. The van der Waals surface area contributed by atoms with Crippen molar-refractivity contribution in [2.75, 3.05) is 19.6 Å². The Balaban J connectivity index is 0.00000144. The van der Waals surface area contributed by atoms with Crippen molar-refractivity contribution in [3.63, 3.8) is 0 Å². The maximum absolute atomic E-state index is 13.6. The second-order valence-electron chi connectivity index (χ2n) is 4.26. The number of piperazine rings is 1. The molecule has 0 amide bonds. The first-order valence-corrected chi connectivity index (χ1v) is 5.93. The molecule has 1 heterocycles. The van der Waals surface area contributed by atoms with Gasteiger partial charge in [0, 0.05) is 42.8 Å². The van der Waals surface area contributed by atoms with Crippen molar-refractivity contribution in [1.82, 2.24) is 10.2 Å². The summed E-state index contributed by atoms with van der Waals surface area (Å²) in [5.41, 5.74) is 0.682. The van der Waals surface area contributed by atoms with Crippen LogP contribution < -0.4 is 5.32 Å². The van der Waals surface area contributed by atoms with Gasteiger partial charge in [0.15, 0.2) is 0 Å². The summed E-state index contributed by atoms with van der Waals surface area (Å²) in [5.74, 6) is -0.171. The van der Waals surface area contributed by atoms with Crippen LogP contribution in [0.25, 0.3) is 0 Å². The summed E-state index contributed by atoms with van der Waals surface area (Å²) in [4.78, 5) is 2.27. The first-order valence-electron chi connectivity index (χ1n) is 5.55. The Morgan fingerprint density at radius 1 is 1.53 bits per heavy atom. The molecule has 96 valence electrons. The molecule has 0 aromatic heterocycles. The number of hydrogen-bond acceptors (Lipinski definition) is 2. The molecule has 0 unspecified atom stereocenters. The lowest BCUT2D eigenvalue weighted by Gasteiger charge is -2.33. The lowest BCUT2D eigenvalue weighted by atomic mass is 10.1. The van der Waals surface area contributed by atoms with Crippen LogP contribution in [0.1, 0.15) is 12.5 Å². The molecule has 1 aliphatic rings. The number of nitrogens with zero attached hydrogens (tertiary/aromatic N) is 1. The summed E-state index contributed by atoms with van der Waals surface area (Å²) in [6.07, 6.45) is 0. The van der Waals surface area contributed by atoms with E-state index in [2.05, 4.69) is 17.1 Å². The predicted molar refractivity (Wildman–Crippen MR) is 71.4 cm³/mol. The molecule has 0 bridgehead atoms. The molecule has 0 radical (unpaired) electrons. The van der Waals surface area contributed by atoms with E-state index in [1.165, 1.54) is 6.07 Å². The predicted octanol–water partition coefficient (Wildman–Crippen LogP) is 2.69. The molecule has 1 saturated heterocycles. The van der Waals surface area contributed by atoms with Gasteiger partial charge < -0.3 is 5.32 Å². The molecule has 1 aromatic rings. The zero-order chi connectivity index (χ0) is 11.5. The molecule has 1 atom stereocenters. The molecule has 0 saturated carbocycles. The molecule has 1 fully saturated rings. The van der Waals surface area contributed by atoms with Crippen LogP contribution in [0.5, 0.6) is 0 Å². The van der Waals surface area contributed by atoms with Crippen LogP contribution in [-0.2, 0) is 6.54 Å². The van der Waals surface area contributed by atoms with Crippen LogP contribution in [0.3, 0.4) is 0 Å². The van der Waals surface area contributed by atoms with E-state index in [-0.39, 0.29) is 18.2 Å². The van der Waals surface area contributed by atoms with Gasteiger partial charge in [0.1, 0.15) is 5.82 Å². The molecular weight excluding hydrogens is 262 g/mol.